The highest BCUT2D eigenvalue weighted by molar-refractivity contribution is 6.29. The van der Waals surface area contributed by atoms with Crippen LogP contribution >= 0.6 is 11.6 Å². The Hall–Kier alpha value is -1.16. The summed E-state index contributed by atoms with van der Waals surface area (Å²) < 4.78 is 13.3. The Morgan fingerprint density at radius 2 is 2.07 bits per heavy atom. The van der Waals surface area contributed by atoms with Crippen LogP contribution in [0.25, 0.3) is 0 Å². The number of hydrogen-bond acceptors (Lipinski definition) is 2. The van der Waals surface area contributed by atoms with Gasteiger partial charge in [0, 0.05) is 13.1 Å². The van der Waals surface area contributed by atoms with Crippen molar-refractivity contribution < 1.29 is 9.18 Å². The molecule has 0 saturated heterocycles. The molecule has 0 bridgehead atoms. The zero-order valence-electron chi connectivity index (χ0n) is 8.63. The molecule has 1 rings (SSSR count). The van der Waals surface area contributed by atoms with Gasteiger partial charge in [-0.15, -0.1) is 0 Å². The van der Waals surface area contributed by atoms with Gasteiger partial charge in [-0.05, 0) is 26.0 Å². The molecule has 0 N–H and O–H groups in total. The van der Waals surface area contributed by atoms with E-state index in [1.807, 2.05) is 13.8 Å². The van der Waals surface area contributed by atoms with Gasteiger partial charge in [-0.3, -0.25) is 4.79 Å². The molecular formula is C10H12ClFN2O. The minimum atomic E-state index is -0.642. The molecule has 82 valence electrons. The van der Waals surface area contributed by atoms with Crippen LogP contribution in [0.2, 0.25) is 5.15 Å². The van der Waals surface area contributed by atoms with Crippen molar-refractivity contribution in [2.75, 3.05) is 13.1 Å². The number of carbonyl (C=O) groups excluding carboxylic acids is 1. The first-order valence-corrected chi connectivity index (χ1v) is 5.09. The SMILES string of the molecule is CCN(CC)C(=O)c1nc(Cl)ccc1F. The summed E-state index contributed by atoms with van der Waals surface area (Å²) in [5.74, 6) is -1.07. The van der Waals surface area contributed by atoms with E-state index in [4.69, 9.17) is 11.6 Å². The Kier molecular flexibility index (Phi) is 4.03. The molecule has 1 heterocycles. The van der Waals surface area contributed by atoms with E-state index in [1.165, 1.54) is 11.0 Å². The molecule has 1 amide bonds. The standard InChI is InChI=1S/C10H12ClFN2O/c1-3-14(4-2)10(15)9-7(12)5-6-8(11)13-9/h5-6H,3-4H2,1-2H3. The molecule has 0 aliphatic heterocycles. The van der Waals surface area contributed by atoms with Crippen molar-refractivity contribution in [3.05, 3.63) is 28.8 Å². The predicted octanol–water partition coefficient (Wildman–Crippen LogP) is 2.36. The minimum absolute atomic E-state index is 0.118. The summed E-state index contributed by atoms with van der Waals surface area (Å²) in [6.45, 7) is 4.68. The maximum absolute atomic E-state index is 13.3. The maximum Gasteiger partial charge on any atom is 0.275 e. The van der Waals surface area contributed by atoms with E-state index < -0.39 is 11.7 Å². The number of hydrogen-bond donors (Lipinski definition) is 0. The zero-order chi connectivity index (χ0) is 11.4. The minimum Gasteiger partial charge on any atom is -0.338 e. The molecule has 0 aliphatic carbocycles. The van der Waals surface area contributed by atoms with E-state index in [9.17, 15) is 9.18 Å². The Labute approximate surface area is 92.9 Å². The number of pyridine rings is 1. The number of rotatable bonds is 3. The fourth-order valence-corrected chi connectivity index (χ4v) is 1.38. The van der Waals surface area contributed by atoms with Gasteiger partial charge in [0.1, 0.15) is 5.15 Å². The van der Waals surface area contributed by atoms with E-state index in [2.05, 4.69) is 4.98 Å². The lowest BCUT2D eigenvalue weighted by Gasteiger charge is -2.18. The molecule has 1 aromatic heterocycles. The molecule has 0 atom stereocenters. The third-order valence-corrected chi connectivity index (χ3v) is 2.28. The van der Waals surface area contributed by atoms with Gasteiger partial charge in [-0.2, -0.15) is 0 Å². The van der Waals surface area contributed by atoms with Crippen LogP contribution in [0.3, 0.4) is 0 Å². The second-order valence-corrected chi connectivity index (χ2v) is 3.33. The van der Waals surface area contributed by atoms with Crippen molar-refractivity contribution in [3.8, 4) is 0 Å². The molecule has 0 unspecified atom stereocenters. The van der Waals surface area contributed by atoms with E-state index in [1.54, 1.807) is 0 Å². The van der Waals surface area contributed by atoms with Crippen molar-refractivity contribution in [1.82, 2.24) is 9.88 Å². The number of carbonyl (C=O) groups is 1. The van der Waals surface area contributed by atoms with E-state index in [0.29, 0.717) is 13.1 Å². The summed E-state index contributed by atoms with van der Waals surface area (Å²) in [6, 6.07) is 2.46. The summed E-state index contributed by atoms with van der Waals surface area (Å²) in [4.78, 5) is 16.9. The van der Waals surface area contributed by atoms with E-state index in [0.717, 1.165) is 6.07 Å². The summed E-state index contributed by atoms with van der Waals surface area (Å²) in [6.07, 6.45) is 0. The third-order valence-electron chi connectivity index (χ3n) is 2.07. The highest BCUT2D eigenvalue weighted by Crippen LogP contribution is 2.12. The van der Waals surface area contributed by atoms with Crippen molar-refractivity contribution in [3.63, 3.8) is 0 Å². The fraction of sp³-hybridized carbons (Fsp3) is 0.400. The van der Waals surface area contributed by atoms with Crippen molar-refractivity contribution in [1.29, 1.82) is 0 Å². The number of nitrogens with zero attached hydrogens (tertiary/aromatic N) is 2. The molecule has 5 heteroatoms. The molecule has 1 aromatic rings. The van der Waals surface area contributed by atoms with Crippen LogP contribution in [-0.4, -0.2) is 28.9 Å². The molecule has 0 saturated carbocycles. The van der Waals surface area contributed by atoms with Crippen molar-refractivity contribution in [2.24, 2.45) is 0 Å². The van der Waals surface area contributed by atoms with Crippen LogP contribution in [-0.2, 0) is 0 Å². The second kappa shape index (κ2) is 5.07. The first-order chi connectivity index (χ1) is 7.10. The molecule has 15 heavy (non-hydrogen) atoms. The lowest BCUT2D eigenvalue weighted by molar-refractivity contribution is 0.0762. The van der Waals surface area contributed by atoms with Gasteiger partial charge in [0.05, 0.1) is 0 Å². The molecule has 3 nitrogen and oxygen atoms in total. The Morgan fingerprint density at radius 1 is 1.47 bits per heavy atom. The number of halogens is 2. The van der Waals surface area contributed by atoms with Gasteiger partial charge in [0.2, 0.25) is 0 Å². The van der Waals surface area contributed by atoms with Crippen LogP contribution in [0.1, 0.15) is 24.3 Å². The quantitative estimate of drug-likeness (QED) is 0.747. The van der Waals surface area contributed by atoms with E-state index >= 15 is 0 Å². The average molecular weight is 231 g/mol. The zero-order valence-corrected chi connectivity index (χ0v) is 9.38. The normalized spacial score (nSPS) is 10.1. The first kappa shape index (κ1) is 11.9. The molecular weight excluding hydrogens is 219 g/mol. The Balaban J connectivity index is 3.04. The second-order valence-electron chi connectivity index (χ2n) is 2.94. The fourth-order valence-electron chi connectivity index (χ4n) is 1.23. The summed E-state index contributed by atoms with van der Waals surface area (Å²) in [7, 11) is 0. The first-order valence-electron chi connectivity index (χ1n) is 4.71. The van der Waals surface area contributed by atoms with Crippen LogP contribution in [0.4, 0.5) is 4.39 Å². The van der Waals surface area contributed by atoms with Gasteiger partial charge in [-0.25, -0.2) is 9.37 Å². The summed E-state index contributed by atoms with van der Waals surface area (Å²) in [5.41, 5.74) is -0.216. The monoisotopic (exact) mass is 230 g/mol. The molecule has 0 radical (unpaired) electrons. The Bertz CT molecular complexity index is 366. The van der Waals surface area contributed by atoms with Crippen LogP contribution in [0, 0.1) is 5.82 Å². The smallest absolute Gasteiger partial charge is 0.275 e. The lowest BCUT2D eigenvalue weighted by Crippen LogP contribution is -2.31. The third kappa shape index (κ3) is 2.65. The number of amides is 1. The Morgan fingerprint density at radius 3 is 2.60 bits per heavy atom. The van der Waals surface area contributed by atoms with Crippen LogP contribution in [0.15, 0.2) is 12.1 Å². The van der Waals surface area contributed by atoms with E-state index in [-0.39, 0.29) is 10.8 Å². The van der Waals surface area contributed by atoms with Crippen molar-refractivity contribution in [2.45, 2.75) is 13.8 Å². The summed E-state index contributed by atoms with van der Waals surface area (Å²) >= 11 is 5.60. The van der Waals surface area contributed by atoms with Crippen molar-refractivity contribution >= 4 is 17.5 Å². The topological polar surface area (TPSA) is 33.2 Å². The van der Waals surface area contributed by atoms with Crippen LogP contribution < -0.4 is 0 Å². The van der Waals surface area contributed by atoms with Gasteiger partial charge < -0.3 is 4.90 Å². The predicted molar refractivity (Wildman–Crippen MR) is 56.5 cm³/mol. The summed E-state index contributed by atoms with van der Waals surface area (Å²) in [5, 5.41) is 0.118. The van der Waals surface area contributed by atoms with Gasteiger partial charge in [0.15, 0.2) is 11.5 Å². The van der Waals surface area contributed by atoms with Gasteiger partial charge >= 0.3 is 0 Å². The van der Waals surface area contributed by atoms with Crippen LogP contribution in [0.5, 0.6) is 0 Å². The maximum atomic E-state index is 13.3. The highest BCUT2D eigenvalue weighted by Gasteiger charge is 2.18. The van der Waals surface area contributed by atoms with Gasteiger partial charge in [0.25, 0.3) is 5.91 Å². The lowest BCUT2D eigenvalue weighted by atomic mass is 10.3. The largest absolute Gasteiger partial charge is 0.338 e. The molecule has 0 spiro atoms. The molecule has 0 aliphatic rings. The molecule has 0 fully saturated rings. The molecule has 0 aromatic carbocycles. The number of aromatic nitrogens is 1. The van der Waals surface area contributed by atoms with Gasteiger partial charge in [-0.1, -0.05) is 11.6 Å². The highest BCUT2D eigenvalue weighted by atomic mass is 35.5. The average Bonchev–Trinajstić information content (AvgIpc) is 2.23.